The van der Waals surface area contributed by atoms with Crippen LogP contribution < -0.4 is 10.6 Å². The van der Waals surface area contributed by atoms with Crippen LogP contribution in [-0.4, -0.2) is 145 Å². The first-order valence-corrected chi connectivity index (χ1v) is 19.3. The maximum atomic E-state index is 16.4. The molecule has 12 unspecified atom stereocenters. The van der Waals surface area contributed by atoms with Crippen LogP contribution in [0.1, 0.15) is 72.1 Å². The number of rotatable bonds is 6. The Morgan fingerprint density at radius 3 is 2.58 bits per heavy atom. The average molecular weight is 702 g/mol. The summed E-state index contributed by atoms with van der Waals surface area (Å²) in [5.74, 6) is -0.362. The summed E-state index contributed by atoms with van der Waals surface area (Å²) in [5, 5.41) is 6.41. The summed E-state index contributed by atoms with van der Waals surface area (Å²) < 4.78 is 41.0. The van der Waals surface area contributed by atoms with E-state index in [0.717, 1.165) is 38.9 Å². The summed E-state index contributed by atoms with van der Waals surface area (Å²) in [6, 6.07) is -1.22. The van der Waals surface area contributed by atoms with Gasteiger partial charge in [-0.2, -0.15) is 0 Å². The Morgan fingerprint density at radius 1 is 0.980 bits per heavy atom. The van der Waals surface area contributed by atoms with Crippen molar-refractivity contribution in [1.29, 1.82) is 0 Å². The number of ether oxygens (including phenoxy) is 4. The van der Waals surface area contributed by atoms with Gasteiger partial charge in [0.1, 0.15) is 11.8 Å². The van der Waals surface area contributed by atoms with Crippen molar-refractivity contribution in [3.8, 4) is 0 Å². The van der Waals surface area contributed by atoms with Gasteiger partial charge in [0.2, 0.25) is 0 Å². The highest BCUT2D eigenvalue weighted by Gasteiger charge is 2.61. The van der Waals surface area contributed by atoms with Crippen LogP contribution in [0, 0.1) is 17.8 Å². The van der Waals surface area contributed by atoms with Gasteiger partial charge in [-0.25, -0.2) is 9.18 Å². The molecule has 0 bridgehead atoms. The third-order valence-corrected chi connectivity index (χ3v) is 12.8. The highest BCUT2D eigenvalue weighted by molar-refractivity contribution is 6.20. The molecule has 13 heteroatoms. The molecule has 12 nitrogen and oxygen atoms in total. The van der Waals surface area contributed by atoms with Crippen LogP contribution in [0.15, 0.2) is 11.8 Å². The van der Waals surface area contributed by atoms with Gasteiger partial charge in [0.15, 0.2) is 5.78 Å². The molecule has 278 valence electrons. The first-order valence-electron chi connectivity index (χ1n) is 19.3. The lowest BCUT2D eigenvalue weighted by Crippen LogP contribution is -2.73. The van der Waals surface area contributed by atoms with Crippen molar-refractivity contribution in [3.05, 3.63) is 11.8 Å². The lowest BCUT2D eigenvalue weighted by atomic mass is 9.67. The Labute approximate surface area is 295 Å². The maximum absolute atomic E-state index is 16.4. The van der Waals surface area contributed by atoms with Crippen molar-refractivity contribution >= 4 is 17.8 Å². The number of carbonyl (C=O) groups is 3. The summed E-state index contributed by atoms with van der Waals surface area (Å²) in [5.41, 5.74) is -0.508. The van der Waals surface area contributed by atoms with Gasteiger partial charge < -0.3 is 39.4 Å². The van der Waals surface area contributed by atoms with Crippen molar-refractivity contribution in [2.24, 2.45) is 17.8 Å². The minimum atomic E-state index is -1.29. The lowest BCUT2D eigenvalue weighted by Gasteiger charge is -2.60. The van der Waals surface area contributed by atoms with E-state index in [1.54, 1.807) is 11.1 Å². The number of hydrogen-bond donors (Lipinski definition) is 2. The molecule has 8 aliphatic rings. The summed E-state index contributed by atoms with van der Waals surface area (Å²) in [7, 11) is 0. The molecule has 2 N–H and O–H groups in total. The van der Waals surface area contributed by atoms with Crippen LogP contribution in [0.25, 0.3) is 0 Å². The molecular formula is C37H56FN5O7. The Kier molecular flexibility index (Phi) is 9.67. The third-order valence-electron chi connectivity index (χ3n) is 12.8. The molecule has 0 aromatic rings. The fraction of sp³-hybridized carbons (Fsp3) is 0.865. The van der Waals surface area contributed by atoms with Crippen LogP contribution in [0.3, 0.4) is 0 Å². The van der Waals surface area contributed by atoms with E-state index in [-0.39, 0.29) is 60.6 Å². The van der Waals surface area contributed by atoms with Crippen molar-refractivity contribution < 1.29 is 37.7 Å². The van der Waals surface area contributed by atoms with E-state index in [0.29, 0.717) is 50.7 Å². The number of halogens is 1. The molecule has 3 aliphatic carbocycles. The van der Waals surface area contributed by atoms with Gasteiger partial charge in [-0.05, 0) is 71.1 Å². The summed E-state index contributed by atoms with van der Waals surface area (Å²) in [6.45, 7) is 10.7. The van der Waals surface area contributed by atoms with Crippen molar-refractivity contribution in [2.75, 3.05) is 52.5 Å². The molecule has 0 aromatic heterocycles. The molecule has 5 aliphatic heterocycles. The molecule has 7 fully saturated rings. The van der Waals surface area contributed by atoms with E-state index in [1.807, 2.05) is 20.8 Å². The van der Waals surface area contributed by atoms with Gasteiger partial charge in [0.25, 0.3) is 5.91 Å². The summed E-state index contributed by atoms with van der Waals surface area (Å²) in [4.78, 5) is 47.1. The van der Waals surface area contributed by atoms with Gasteiger partial charge >= 0.3 is 6.09 Å². The van der Waals surface area contributed by atoms with Crippen LogP contribution in [0.2, 0.25) is 0 Å². The molecule has 12 atom stereocenters. The fourth-order valence-electron chi connectivity index (χ4n) is 10.5. The molecule has 4 saturated heterocycles. The Bertz CT molecular complexity index is 1340. The van der Waals surface area contributed by atoms with Crippen LogP contribution in [0.4, 0.5) is 9.18 Å². The second-order valence-corrected chi connectivity index (χ2v) is 17.0. The summed E-state index contributed by atoms with van der Waals surface area (Å²) in [6.07, 6.45) is 6.77. The molecule has 2 amide bonds. The van der Waals surface area contributed by atoms with E-state index in [9.17, 15) is 14.4 Å². The highest BCUT2D eigenvalue weighted by atomic mass is 19.1. The van der Waals surface area contributed by atoms with E-state index < -0.39 is 35.9 Å². The number of nitrogens with zero attached hydrogens (tertiary/aromatic N) is 3. The van der Waals surface area contributed by atoms with Crippen LogP contribution in [0.5, 0.6) is 0 Å². The number of likely N-dealkylation sites (tertiary alicyclic amines) is 1. The van der Waals surface area contributed by atoms with Gasteiger partial charge in [-0.1, -0.05) is 12.8 Å². The van der Waals surface area contributed by atoms with E-state index in [4.69, 9.17) is 18.9 Å². The monoisotopic (exact) mass is 701 g/mol. The number of Topliss-reactive ketones (excluding diaryl/α,β-unsaturated/α-hetero) is 1. The quantitative estimate of drug-likeness (QED) is 0.400. The van der Waals surface area contributed by atoms with E-state index in [2.05, 4.69) is 20.4 Å². The molecule has 8 rings (SSSR count). The first kappa shape index (κ1) is 34.7. The molecular weight excluding hydrogens is 645 g/mol. The molecule has 0 radical (unpaired) electrons. The molecule has 50 heavy (non-hydrogen) atoms. The molecule has 0 aromatic carbocycles. The number of carbonyl (C=O) groups excluding carboxylic acids is 3. The topological polar surface area (TPSA) is 122 Å². The number of hydrogen-bond acceptors (Lipinski definition) is 10. The van der Waals surface area contributed by atoms with Gasteiger partial charge in [0, 0.05) is 51.4 Å². The van der Waals surface area contributed by atoms with Crippen LogP contribution >= 0.6 is 0 Å². The molecule has 3 saturated carbocycles. The highest BCUT2D eigenvalue weighted by Crippen LogP contribution is 2.52. The summed E-state index contributed by atoms with van der Waals surface area (Å²) >= 11 is 0. The number of fused-ring (bicyclic) bond motifs is 5. The third kappa shape index (κ3) is 6.70. The first-order chi connectivity index (χ1) is 24.0. The Hall–Kier alpha value is -2.32. The van der Waals surface area contributed by atoms with Gasteiger partial charge in [0.05, 0.1) is 67.4 Å². The van der Waals surface area contributed by atoms with Crippen molar-refractivity contribution in [1.82, 2.24) is 25.3 Å². The largest absolute Gasteiger partial charge is 0.444 e. The standard InChI is InChI=1S/C37H56FN5O7/c1-37(2,3)50-36(46)40-21-8-10-42(19-21)35(45)25-20-43-27-18-29-23(22-6-4-5-7-28(22)48-29)17-30(27)49-34-31(26(38)16-24(32(34)43)33(25)44)39-9-11-41-12-14-47-15-13-41/h20-24,26-32,34,39H,4-19H2,1-3H3,(H,40,46). The van der Waals surface area contributed by atoms with E-state index in [1.165, 1.54) is 19.3 Å². The minimum Gasteiger partial charge on any atom is -0.444 e. The second-order valence-electron chi connectivity index (χ2n) is 17.0. The van der Waals surface area contributed by atoms with Gasteiger partial charge in [-0.3, -0.25) is 14.5 Å². The van der Waals surface area contributed by atoms with Crippen molar-refractivity contribution in [3.63, 3.8) is 0 Å². The van der Waals surface area contributed by atoms with E-state index >= 15 is 4.39 Å². The molecule has 5 heterocycles. The predicted molar refractivity (Wildman–Crippen MR) is 181 cm³/mol. The SMILES string of the molecule is CC(C)(C)OC(=O)NC1CCN(C(=O)C2=CN3C4CC5OC6CCCCC6C5CC4OC4C(NCCN5CCOCC5)C(F)CC(C2=O)C43)C1. The fourth-order valence-corrected chi connectivity index (χ4v) is 10.5. The number of alkyl carbamates (subject to hydrolysis) is 1. The second kappa shape index (κ2) is 13.9. The predicted octanol–water partition coefficient (Wildman–Crippen LogP) is 2.40. The smallest absolute Gasteiger partial charge is 0.407 e. The number of morpholine rings is 2. The lowest BCUT2D eigenvalue weighted by molar-refractivity contribution is -0.209. The number of nitrogens with one attached hydrogen (secondary N) is 2. The Balaban J connectivity index is 1.04. The average Bonchev–Trinajstić information content (AvgIpc) is 3.69. The number of amides is 2. The normalized spacial score (nSPS) is 41.4. The minimum absolute atomic E-state index is 0.0482. The maximum Gasteiger partial charge on any atom is 0.407 e. The number of ketones is 1. The zero-order valence-corrected chi connectivity index (χ0v) is 29.9. The van der Waals surface area contributed by atoms with Gasteiger partial charge in [-0.15, -0.1) is 0 Å². The zero-order chi connectivity index (χ0) is 34.7. The zero-order valence-electron chi connectivity index (χ0n) is 29.9. The molecule has 0 spiro atoms. The number of alkyl halides is 1. The van der Waals surface area contributed by atoms with Crippen molar-refractivity contribution in [2.45, 2.75) is 132 Å². The van der Waals surface area contributed by atoms with Crippen LogP contribution in [-0.2, 0) is 28.5 Å². The Morgan fingerprint density at radius 2 is 1.78 bits per heavy atom.